The number of rotatable bonds is 6. The first kappa shape index (κ1) is 14.9. The van der Waals surface area contributed by atoms with Crippen molar-refractivity contribution in [2.45, 2.75) is 33.7 Å². The van der Waals surface area contributed by atoms with Crippen LogP contribution in [-0.2, 0) is 9.59 Å². The molecule has 0 bridgehead atoms. The Morgan fingerprint density at radius 2 is 1.88 bits per heavy atom. The molecule has 0 aliphatic rings. The number of hydrogen-bond donors (Lipinski definition) is 3. The highest BCUT2D eigenvalue weighted by molar-refractivity contribution is 5.83. The maximum absolute atomic E-state index is 11.5. The minimum atomic E-state index is -0.518. The molecule has 5 nitrogen and oxygen atoms in total. The van der Waals surface area contributed by atoms with Crippen molar-refractivity contribution in [3.05, 3.63) is 0 Å². The summed E-state index contributed by atoms with van der Waals surface area (Å²) in [6.07, 6.45) is 0. The van der Waals surface area contributed by atoms with Gasteiger partial charge in [0.25, 0.3) is 0 Å². The van der Waals surface area contributed by atoms with E-state index >= 15 is 0 Å². The van der Waals surface area contributed by atoms with Crippen LogP contribution in [0.15, 0.2) is 0 Å². The second-order valence-electron chi connectivity index (χ2n) is 4.46. The molecule has 0 saturated carbocycles. The molecule has 0 heterocycles. The number of carbonyl (C=O) groups is 2. The van der Waals surface area contributed by atoms with Crippen LogP contribution in [0.1, 0.15) is 27.7 Å². The first-order chi connectivity index (χ1) is 7.35. The minimum absolute atomic E-state index is 0.0388. The predicted octanol–water partition coefficient (Wildman–Crippen LogP) is -0.127. The minimum Gasteiger partial charge on any atom is -0.359 e. The molecule has 0 aliphatic heterocycles. The van der Waals surface area contributed by atoms with Crippen molar-refractivity contribution < 1.29 is 9.59 Å². The largest absolute Gasteiger partial charge is 0.359 e. The normalized spacial score (nSPS) is 13.1. The van der Waals surface area contributed by atoms with Gasteiger partial charge in [0.05, 0.1) is 11.5 Å². The molecule has 0 rings (SSSR count). The Balaban J connectivity index is 4.13. The zero-order valence-corrected chi connectivity index (χ0v) is 10.8. The number of nitrogens with one attached hydrogen (secondary N) is 3. The molecule has 0 aromatic carbocycles. The molecule has 1 unspecified atom stereocenters. The smallest absolute Gasteiger partial charge is 0.236 e. The van der Waals surface area contributed by atoms with E-state index in [4.69, 9.17) is 0 Å². The molecule has 0 aromatic rings. The van der Waals surface area contributed by atoms with Crippen LogP contribution < -0.4 is 16.0 Å². The van der Waals surface area contributed by atoms with Gasteiger partial charge in [-0.3, -0.25) is 9.59 Å². The van der Waals surface area contributed by atoms with E-state index in [2.05, 4.69) is 16.0 Å². The molecule has 2 amide bonds. The van der Waals surface area contributed by atoms with Crippen LogP contribution in [0.2, 0.25) is 0 Å². The van der Waals surface area contributed by atoms with Crippen molar-refractivity contribution in [2.75, 3.05) is 20.1 Å². The molecule has 0 saturated heterocycles. The first-order valence-corrected chi connectivity index (χ1v) is 5.58. The van der Waals surface area contributed by atoms with Crippen LogP contribution in [0.5, 0.6) is 0 Å². The molecule has 0 aliphatic carbocycles. The van der Waals surface area contributed by atoms with Gasteiger partial charge in [0.1, 0.15) is 0 Å². The lowest BCUT2D eigenvalue weighted by atomic mass is 9.92. The van der Waals surface area contributed by atoms with Gasteiger partial charge in [-0.1, -0.05) is 0 Å². The second kappa shape index (κ2) is 6.48. The molecule has 16 heavy (non-hydrogen) atoms. The summed E-state index contributed by atoms with van der Waals surface area (Å²) in [6, 6.07) is -0.288. The fourth-order valence-corrected chi connectivity index (χ4v) is 1.25. The fraction of sp³-hybridized carbons (Fsp3) is 0.818. The average molecular weight is 229 g/mol. The molecule has 1 atom stereocenters. The van der Waals surface area contributed by atoms with Crippen LogP contribution >= 0.6 is 0 Å². The summed E-state index contributed by atoms with van der Waals surface area (Å²) >= 11 is 0. The van der Waals surface area contributed by atoms with Gasteiger partial charge >= 0.3 is 0 Å². The lowest BCUT2D eigenvalue weighted by Crippen LogP contribution is -2.48. The lowest BCUT2D eigenvalue weighted by molar-refractivity contribution is -0.129. The SMILES string of the molecule is CCNC(=O)C(C)NCC(C)(C)C(=O)NC. The molecule has 0 spiro atoms. The summed E-state index contributed by atoms with van der Waals surface area (Å²) < 4.78 is 0. The molecular formula is C11H23N3O2. The highest BCUT2D eigenvalue weighted by Crippen LogP contribution is 2.13. The maximum Gasteiger partial charge on any atom is 0.236 e. The van der Waals surface area contributed by atoms with Crippen molar-refractivity contribution in [1.29, 1.82) is 0 Å². The Labute approximate surface area is 97.4 Å². The van der Waals surface area contributed by atoms with Gasteiger partial charge < -0.3 is 16.0 Å². The summed E-state index contributed by atoms with van der Waals surface area (Å²) in [4.78, 5) is 22.9. The Bertz CT molecular complexity index is 252. The van der Waals surface area contributed by atoms with Crippen LogP contribution in [0.3, 0.4) is 0 Å². The third kappa shape index (κ3) is 4.61. The zero-order valence-electron chi connectivity index (χ0n) is 10.8. The van der Waals surface area contributed by atoms with Gasteiger partial charge in [0.2, 0.25) is 11.8 Å². The Morgan fingerprint density at radius 3 is 2.31 bits per heavy atom. The third-order valence-corrected chi connectivity index (χ3v) is 2.44. The molecule has 5 heteroatoms. The van der Waals surface area contributed by atoms with Crippen molar-refractivity contribution in [3.63, 3.8) is 0 Å². The van der Waals surface area contributed by atoms with E-state index in [9.17, 15) is 9.59 Å². The maximum atomic E-state index is 11.5. The van der Waals surface area contributed by atoms with Gasteiger partial charge in [-0.15, -0.1) is 0 Å². The monoisotopic (exact) mass is 229 g/mol. The zero-order chi connectivity index (χ0) is 12.8. The molecule has 94 valence electrons. The van der Waals surface area contributed by atoms with Crippen LogP contribution in [0.4, 0.5) is 0 Å². The van der Waals surface area contributed by atoms with Gasteiger partial charge in [-0.05, 0) is 27.7 Å². The van der Waals surface area contributed by atoms with Gasteiger partial charge in [-0.2, -0.15) is 0 Å². The molecule has 3 N–H and O–H groups in total. The Hall–Kier alpha value is -1.10. The van der Waals surface area contributed by atoms with Crippen LogP contribution in [0.25, 0.3) is 0 Å². The van der Waals surface area contributed by atoms with Crippen LogP contribution in [-0.4, -0.2) is 38.0 Å². The highest BCUT2D eigenvalue weighted by Gasteiger charge is 2.27. The van der Waals surface area contributed by atoms with Crippen molar-refractivity contribution in [3.8, 4) is 0 Å². The molecule has 0 aromatic heterocycles. The summed E-state index contributed by atoms with van der Waals surface area (Å²) in [5.41, 5.74) is -0.518. The molecule has 0 radical (unpaired) electrons. The third-order valence-electron chi connectivity index (χ3n) is 2.44. The van der Waals surface area contributed by atoms with Gasteiger partial charge in [-0.25, -0.2) is 0 Å². The van der Waals surface area contributed by atoms with E-state index in [1.807, 2.05) is 20.8 Å². The molecule has 0 fully saturated rings. The number of hydrogen-bond acceptors (Lipinski definition) is 3. The Morgan fingerprint density at radius 1 is 1.31 bits per heavy atom. The topological polar surface area (TPSA) is 70.2 Å². The fourth-order valence-electron chi connectivity index (χ4n) is 1.25. The first-order valence-electron chi connectivity index (χ1n) is 5.58. The van der Waals surface area contributed by atoms with E-state index < -0.39 is 5.41 Å². The van der Waals surface area contributed by atoms with E-state index in [1.54, 1.807) is 14.0 Å². The quantitative estimate of drug-likeness (QED) is 0.594. The van der Waals surface area contributed by atoms with Crippen molar-refractivity contribution >= 4 is 11.8 Å². The van der Waals surface area contributed by atoms with Gasteiger partial charge in [0.15, 0.2) is 0 Å². The standard InChI is InChI=1S/C11H23N3O2/c1-6-13-9(15)8(2)14-7-11(3,4)10(16)12-5/h8,14H,6-7H2,1-5H3,(H,12,16)(H,13,15). The summed E-state index contributed by atoms with van der Waals surface area (Å²) in [5.74, 6) is -0.0849. The van der Waals surface area contributed by atoms with E-state index in [-0.39, 0.29) is 17.9 Å². The van der Waals surface area contributed by atoms with Crippen molar-refractivity contribution in [1.82, 2.24) is 16.0 Å². The van der Waals surface area contributed by atoms with E-state index in [0.29, 0.717) is 13.1 Å². The summed E-state index contributed by atoms with van der Waals surface area (Å²) in [7, 11) is 1.61. The van der Waals surface area contributed by atoms with Crippen molar-refractivity contribution in [2.24, 2.45) is 5.41 Å². The van der Waals surface area contributed by atoms with E-state index in [1.165, 1.54) is 0 Å². The molecular weight excluding hydrogens is 206 g/mol. The number of carbonyl (C=O) groups excluding carboxylic acids is 2. The highest BCUT2D eigenvalue weighted by atomic mass is 16.2. The summed E-state index contributed by atoms with van der Waals surface area (Å²) in [6.45, 7) is 8.41. The van der Waals surface area contributed by atoms with Crippen LogP contribution in [0, 0.1) is 5.41 Å². The average Bonchev–Trinajstić information content (AvgIpc) is 2.25. The predicted molar refractivity (Wildman–Crippen MR) is 64.0 cm³/mol. The number of likely N-dealkylation sites (N-methyl/N-ethyl adjacent to an activating group) is 1. The lowest BCUT2D eigenvalue weighted by Gasteiger charge is -2.25. The second-order valence-corrected chi connectivity index (χ2v) is 4.46. The van der Waals surface area contributed by atoms with E-state index in [0.717, 1.165) is 0 Å². The van der Waals surface area contributed by atoms with Gasteiger partial charge in [0, 0.05) is 20.1 Å². The summed E-state index contributed by atoms with van der Waals surface area (Å²) in [5, 5.41) is 8.38. The number of amides is 2. The Kier molecular flexibility index (Phi) is 6.03.